The number of nitrogens with zero attached hydrogens (tertiary/aromatic N) is 3. The average Bonchev–Trinajstić information content (AvgIpc) is 2.91. The molecule has 0 saturated carbocycles. The van der Waals surface area contributed by atoms with E-state index in [0.717, 1.165) is 10.6 Å². The largest absolute Gasteiger partial charge is 0.380 e. The summed E-state index contributed by atoms with van der Waals surface area (Å²) < 4.78 is 2.13. The first-order valence-corrected chi connectivity index (χ1v) is 7.70. The molecule has 1 N–H and O–H groups in total. The van der Waals surface area contributed by atoms with Gasteiger partial charge in [-0.2, -0.15) is 0 Å². The van der Waals surface area contributed by atoms with Crippen molar-refractivity contribution in [2.75, 3.05) is 5.32 Å². The number of halogens is 1. The number of aromatic nitrogens is 3. The Morgan fingerprint density at radius 1 is 1.38 bits per heavy atom. The van der Waals surface area contributed by atoms with Crippen LogP contribution >= 0.6 is 22.9 Å². The molecule has 5 nitrogen and oxygen atoms in total. The lowest BCUT2D eigenvalue weighted by molar-refractivity contribution is 0.717. The van der Waals surface area contributed by atoms with E-state index < -0.39 is 0 Å². The standard InChI is InChI=1S/C14H13ClN4OS/c1-2-19-8-18-12-5-9(3-4-11(12)13(19)20)16-6-10-7-17-14(15)21-10/h3-5,7-8,16H,2,6H2,1H3. The summed E-state index contributed by atoms with van der Waals surface area (Å²) in [7, 11) is 0. The Morgan fingerprint density at radius 2 is 2.24 bits per heavy atom. The fourth-order valence-corrected chi connectivity index (χ4v) is 2.97. The SMILES string of the molecule is CCn1cnc2cc(NCc3cnc(Cl)s3)ccc2c1=O. The fraction of sp³-hybridized carbons (Fsp3) is 0.214. The van der Waals surface area contributed by atoms with Crippen molar-refractivity contribution in [1.82, 2.24) is 14.5 Å². The van der Waals surface area contributed by atoms with Crippen LogP contribution < -0.4 is 10.9 Å². The Balaban J connectivity index is 1.86. The van der Waals surface area contributed by atoms with E-state index >= 15 is 0 Å². The molecule has 0 radical (unpaired) electrons. The molecule has 0 amide bonds. The molecule has 0 aliphatic carbocycles. The van der Waals surface area contributed by atoms with Crippen molar-refractivity contribution < 1.29 is 0 Å². The van der Waals surface area contributed by atoms with Gasteiger partial charge in [0.2, 0.25) is 0 Å². The van der Waals surface area contributed by atoms with Gasteiger partial charge in [0.1, 0.15) is 0 Å². The van der Waals surface area contributed by atoms with Crippen LogP contribution in [0.3, 0.4) is 0 Å². The summed E-state index contributed by atoms with van der Waals surface area (Å²) in [6.45, 7) is 3.18. The second kappa shape index (κ2) is 5.83. The van der Waals surface area contributed by atoms with Crippen molar-refractivity contribution in [3.05, 3.63) is 50.4 Å². The molecule has 0 aliphatic rings. The number of nitrogens with one attached hydrogen (secondary N) is 1. The summed E-state index contributed by atoms with van der Waals surface area (Å²) in [6, 6.07) is 5.56. The molecule has 0 spiro atoms. The fourth-order valence-electron chi connectivity index (χ4n) is 2.05. The van der Waals surface area contributed by atoms with Gasteiger partial charge < -0.3 is 5.32 Å². The van der Waals surface area contributed by atoms with Gasteiger partial charge in [-0.15, -0.1) is 11.3 Å². The molecule has 3 rings (SSSR count). The molecule has 0 aliphatic heterocycles. The number of fused-ring (bicyclic) bond motifs is 1. The van der Waals surface area contributed by atoms with Crippen LogP contribution in [0.5, 0.6) is 0 Å². The third-order valence-electron chi connectivity index (χ3n) is 3.16. The second-order valence-electron chi connectivity index (χ2n) is 4.50. The van der Waals surface area contributed by atoms with Crippen LogP contribution in [0.2, 0.25) is 4.47 Å². The number of anilines is 1. The van der Waals surface area contributed by atoms with Crippen molar-refractivity contribution in [2.24, 2.45) is 0 Å². The number of hydrogen-bond donors (Lipinski definition) is 1. The minimum atomic E-state index is -0.0108. The van der Waals surface area contributed by atoms with Crippen molar-refractivity contribution in [2.45, 2.75) is 20.0 Å². The molecule has 2 aromatic heterocycles. The van der Waals surface area contributed by atoms with Gasteiger partial charge in [0, 0.05) is 23.3 Å². The molecule has 0 fully saturated rings. The number of hydrogen-bond acceptors (Lipinski definition) is 5. The maximum Gasteiger partial charge on any atom is 0.261 e. The van der Waals surface area contributed by atoms with Crippen molar-refractivity contribution in [3.63, 3.8) is 0 Å². The first-order chi connectivity index (χ1) is 10.2. The van der Waals surface area contributed by atoms with E-state index in [1.807, 2.05) is 19.1 Å². The van der Waals surface area contributed by atoms with Gasteiger partial charge in [-0.25, -0.2) is 9.97 Å². The first kappa shape index (κ1) is 14.0. The summed E-state index contributed by atoms with van der Waals surface area (Å²) >= 11 is 7.24. The molecular formula is C14H13ClN4OS. The van der Waals surface area contributed by atoms with Crippen LogP contribution in [0, 0.1) is 0 Å². The van der Waals surface area contributed by atoms with Crippen LogP contribution in [0.4, 0.5) is 5.69 Å². The topological polar surface area (TPSA) is 59.8 Å². The van der Waals surface area contributed by atoms with E-state index in [1.54, 1.807) is 23.2 Å². The minimum Gasteiger partial charge on any atom is -0.380 e. The number of rotatable bonds is 4. The van der Waals surface area contributed by atoms with Gasteiger partial charge in [0.25, 0.3) is 5.56 Å². The van der Waals surface area contributed by atoms with Crippen molar-refractivity contribution in [3.8, 4) is 0 Å². The van der Waals surface area contributed by atoms with Crippen molar-refractivity contribution >= 4 is 39.5 Å². The number of thiazole rings is 1. The summed E-state index contributed by atoms with van der Waals surface area (Å²) in [5, 5.41) is 3.91. The molecule has 0 atom stereocenters. The zero-order chi connectivity index (χ0) is 14.8. The van der Waals surface area contributed by atoms with Gasteiger partial charge in [-0.05, 0) is 25.1 Å². The highest BCUT2D eigenvalue weighted by Crippen LogP contribution is 2.20. The lowest BCUT2D eigenvalue weighted by Gasteiger charge is -2.07. The lowest BCUT2D eigenvalue weighted by atomic mass is 10.2. The van der Waals surface area contributed by atoms with Crippen LogP contribution in [0.25, 0.3) is 10.9 Å². The Hall–Kier alpha value is -1.92. The van der Waals surface area contributed by atoms with Gasteiger partial charge >= 0.3 is 0 Å². The molecular weight excluding hydrogens is 308 g/mol. The minimum absolute atomic E-state index is 0.0108. The number of benzene rings is 1. The van der Waals surface area contributed by atoms with Gasteiger partial charge in [-0.3, -0.25) is 9.36 Å². The van der Waals surface area contributed by atoms with Gasteiger partial charge in [0.15, 0.2) is 4.47 Å². The maximum atomic E-state index is 12.1. The molecule has 7 heteroatoms. The summed E-state index contributed by atoms with van der Waals surface area (Å²) in [4.78, 5) is 21.5. The van der Waals surface area contributed by atoms with E-state index in [4.69, 9.17) is 11.6 Å². The maximum absolute atomic E-state index is 12.1. The third-order valence-corrected chi connectivity index (χ3v) is 4.27. The Bertz CT molecular complexity index is 842. The van der Waals surface area contributed by atoms with Crippen LogP contribution in [0.15, 0.2) is 35.5 Å². The molecule has 0 unspecified atom stereocenters. The Morgan fingerprint density at radius 3 is 2.95 bits per heavy atom. The zero-order valence-electron chi connectivity index (χ0n) is 11.3. The predicted octanol–water partition coefficient (Wildman–Crippen LogP) is 3.14. The van der Waals surface area contributed by atoms with E-state index in [9.17, 15) is 4.79 Å². The van der Waals surface area contributed by atoms with E-state index in [1.165, 1.54) is 11.3 Å². The normalized spacial score (nSPS) is 11.0. The van der Waals surface area contributed by atoms with E-state index in [0.29, 0.717) is 28.5 Å². The highest BCUT2D eigenvalue weighted by molar-refractivity contribution is 7.15. The zero-order valence-corrected chi connectivity index (χ0v) is 12.9. The van der Waals surface area contributed by atoms with E-state index in [-0.39, 0.29) is 5.56 Å². The van der Waals surface area contributed by atoms with Crippen LogP contribution in [-0.2, 0) is 13.1 Å². The quantitative estimate of drug-likeness (QED) is 0.802. The molecule has 2 heterocycles. The smallest absolute Gasteiger partial charge is 0.261 e. The molecule has 0 saturated heterocycles. The van der Waals surface area contributed by atoms with Crippen LogP contribution in [-0.4, -0.2) is 14.5 Å². The monoisotopic (exact) mass is 320 g/mol. The summed E-state index contributed by atoms with van der Waals surface area (Å²) in [6.07, 6.45) is 3.33. The predicted molar refractivity (Wildman–Crippen MR) is 86.1 cm³/mol. The highest BCUT2D eigenvalue weighted by atomic mass is 35.5. The molecule has 1 aromatic carbocycles. The van der Waals surface area contributed by atoms with Crippen LogP contribution in [0.1, 0.15) is 11.8 Å². The second-order valence-corrected chi connectivity index (χ2v) is 6.20. The average molecular weight is 321 g/mol. The molecule has 3 aromatic rings. The Labute approximate surface area is 130 Å². The summed E-state index contributed by atoms with van der Waals surface area (Å²) in [5.41, 5.74) is 1.59. The number of aryl methyl sites for hydroxylation is 1. The third kappa shape index (κ3) is 2.91. The summed E-state index contributed by atoms with van der Waals surface area (Å²) in [5.74, 6) is 0. The van der Waals surface area contributed by atoms with E-state index in [2.05, 4.69) is 15.3 Å². The molecule has 0 bridgehead atoms. The first-order valence-electron chi connectivity index (χ1n) is 6.50. The highest BCUT2D eigenvalue weighted by Gasteiger charge is 2.05. The van der Waals surface area contributed by atoms with Gasteiger partial charge in [0.05, 0.1) is 23.8 Å². The Kier molecular flexibility index (Phi) is 3.90. The van der Waals surface area contributed by atoms with Crippen molar-refractivity contribution in [1.29, 1.82) is 0 Å². The molecule has 21 heavy (non-hydrogen) atoms. The van der Waals surface area contributed by atoms with Gasteiger partial charge in [-0.1, -0.05) is 11.6 Å². The lowest BCUT2D eigenvalue weighted by Crippen LogP contribution is -2.19. The molecule has 108 valence electrons.